The van der Waals surface area contributed by atoms with Crippen molar-refractivity contribution >= 4 is 15.8 Å². The summed E-state index contributed by atoms with van der Waals surface area (Å²) in [4.78, 5) is 23.9. The molecule has 3 aliphatic rings. The Morgan fingerprint density at radius 2 is 1.91 bits per heavy atom. The van der Waals surface area contributed by atoms with Crippen LogP contribution in [0, 0.1) is 28.9 Å². The van der Waals surface area contributed by atoms with E-state index < -0.39 is 20.9 Å². The van der Waals surface area contributed by atoms with E-state index in [0.717, 1.165) is 30.4 Å². The highest BCUT2D eigenvalue weighted by atomic mass is 32.2. The number of rotatable bonds is 8. The maximum atomic E-state index is 13.6. The summed E-state index contributed by atoms with van der Waals surface area (Å²) in [6.45, 7) is 4.28. The molecule has 1 fully saturated rings. The van der Waals surface area contributed by atoms with Gasteiger partial charge in [-0.3, -0.25) is 14.9 Å². The first kappa shape index (κ1) is 22.6. The minimum Gasteiger partial charge on any atom is -0.294 e. The number of nitro groups is 1. The minimum absolute atomic E-state index is 0.0200. The lowest BCUT2D eigenvalue weighted by molar-refractivity contribution is -0.418. The number of fused-ring (bicyclic) bond motifs is 1. The van der Waals surface area contributed by atoms with E-state index in [4.69, 9.17) is 0 Å². The van der Waals surface area contributed by atoms with Gasteiger partial charge in [0.15, 0.2) is 5.78 Å². The molecular weight excluding hydrogens is 428 g/mol. The van der Waals surface area contributed by atoms with Gasteiger partial charge in [-0.15, -0.1) is 0 Å². The van der Waals surface area contributed by atoms with Crippen LogP contribution in [-0.2, 0) is 14.8 Å². The highest BCUT2D eigenvalue weighted by Crippen LogP contribution is 2.47. The van der Waals surface area contributed by atoms with Gasteiger partial charge in [-0.25, -0.2) is 8.42 Å². The van der Waals surface area contributed by atoms with Gasteiger partial charge < -0.3 is 0 Å². The minimum atomic E-state index is -3.73. The monoisotopic (exact) mass is 456 g/mol. The third kappa shape index (κ3) is 3.97. The van der Waals surface area contributed by atoms with Crippen LogP contribution in [-0.4, -0.2) is 36.0 Å². The van der Waals surface area contributed by atoms with Crippen LogP contribution in [0.15, 0.2) is 64.2 Å². The Morgan fingerprint density at radius 3 is 2.53 bits per heavy atom. The maximum Gasteiger partial charge on any atom is 0.266 e. The molecule has 0 saturated carbocycles. The van der Waals surface area contributed by atoms with Crippen LogP contribution in [0.25, 0.3) is 0 Å². The second-order valence-corrected chi connectivity index (χ2v) is 10.7. The zero-order valence-corrected chi connectivity index (χ0v) is 19.2. The van der Waals surface area contributed by atoms with Gasteiger partial charge in [0.2, 0.25) is 10.0 Å². The summed E-state index contributed by atoms with van der Waals surface area (Å²) in [6.07, 6.45) is 8.36. The molecule has 0 amide bonds. The number of hydrogen-bond acceptors (Lipinski definition) is 5. The fraction of sp³-hybridized carbons (Fsp3) is 0.458. The van der Waals surface area contributed by atoms with Crippen LogP contribution in [0.1, 0.15) is 44.6 Å². The number of carbonyl (C=O) groups is 1. The number of allylic oxidation sites excluding steroid dienone is 4. The molecule has 1 aromatic carbocycles. The molecule has 0 spiro atoms. The number of benzene rings is 1. The fourth-order valence-electron chi connectivity index (χ4n) is 5.11. The van der Waals surface area contributed by atoms with Gasteiger partial charge in [0.1, 0.15) is 0 Å². The molecule has 3 atom stereocenters. The quantitative estimate of drug-likeness (QED) is 0.332. The summed E-state index contributed by atoms with van der Waals surface area (Å²) in [5.41, 5.74) is 2.39. The van der Waals surface area contributed by atoms with Crippen molar-refractivity contribution < 1.29 is 18.1 Å². The predicted octanol–water partition coefficient (Wildman–Crippen LogP) is 4.18. The van der Waals surface area contributed by atoms with Crippen molar-refractivity contribution in [2.75, 3.05) is 6.54 Å². The summed E-state index contributed by atoms with van der Waals surface area (Å²) >= 11 is 0. The van der Waals surface area contributed by atoms with Crippen LogP contribution in [0.2, 0.25) is 0 Å². The van der Waals surface area contributed by atoms with Crippen molar-refractivity contribution in [1.82, 2.24) is 4.31 Å². The highest BCUT2D eigenvalue weighted by Gasteiger charge is 2.50. The van der Waals surface area contributed by atoms with Gasteiger partial charge in [-0.05, 0) is 31.1 Å². The van der Waals surface area contributed by atoms with E-state index in [0.29, 0.717) is 12.0 Å². The van der Waals surface area contributed by atoms with Crippen molar-refractivity contribution in [3.63, 3.8) is 0 Å². The summed E-state index contributed by atoms with van der Waals surface area (Å²) in [6, 6.07) is 6.46. The zero-order valence-electron chi connectivity index (χ0n) is 18.4. The number of unbranched alkanes of at least 4 members (excludes halogenated alkanes) is 2. The SMILES string of the molecule is CCCCC[C@@H]1C2=C(C3C=CC([N+](=O)[O-])=C3)C(=O)C[C@@H]2CN1S(=O)(=O)c1ccc(C)cc1. The van der Waals surface area contributed by atoms with Gasteiger partial charge in [-0.1, -0.05) is 50.0 Å². The van der Waals surface area contributed by atoms with Gasteiger partial charge >= 0.3 is 0 Å². The number of nitrogens with zero attached hydrogens (tertiary/aromatic N) is 2. The molecule has 1 saturated heterocycles. The third-order valence-corrected chi connectivity index (χ3v) is 8.56. The first-order chi connectivity index (χ1) is 15.2. The average Bonchev–Trinajstić information content (AvgIpc) is 3.43. The van der Waals surface area contributed by atoms with Gasteiger partial charge in [-0.2, -0.15) is 4.31 Å². The summed E-state index contributed by atoms with van der Waals surface area (Å²) in [5.74, 6) is -0.641. The average molecular weight is 457 g/mol. The van der Waals surface area contributed by atoms with E-state index in [9.17, 15) is 23.3 Å². The Hall–Kier alpha value is -2.58. The van der Waals surface area contributed by atoms with E-state index in [1.807, 2.05) is 6.92 Å². The van der Waals surface area contributed by atoms with Gasteiger partial charge in [0.25, 0.3) is 5.70 Å². The number of carbonyl (C=O) groups excluding carboxylic acids is 1. The van der Waals surface area contributed by atoms with Crippen LogP contribution >= 0.6 is 0 Å². The predicted molar refractivity (Wildman–Crippen MR) is 121 cm³/mol. The molecule has 32 heavy (non-hydrogen) atoms. The van der Waals surface area contributed by atoms with Crippen LogP contribution in [0.4, 0.5) is 0 Å². The Kier molecular flexibility index (Phi) is 6.18. The van der Waals surface area contributed by atoms with Crippen molar-refractivity contribution in [3.8, 4) is 0 Å². The van der Waals surface area contributed by atoms with E-state index in [1.54, 1.807) is 34.6 Å². The lowest BCUT2D eigenvalue weighted by Gasteiger charge is -2.26. The van der Waals surface area contributed by atoms with E-state index in [2.05, 4.69) is 6.92 Å². The molecule has 2 aliphatic carbocycles. The standard InChI is InChI=1S/C24H28N2O5S/c1-3-4-5-6-21-23-18(14-22(27)24(23)17-9-10-19(13-17)26(28)29)15-25(21)32(30,31)20-11-7-16(2)8-12-20/h7-13,17-18,21H,3-6,14-15H2,1-2H3/t17?,18-,21-/m1/s1. The van der Waals surface area contributed by atoms with Crippen molar-refractivity contribution in [2.24, 2.45) is 11.8 Å². The van der Waals surface area contributed by atoms with E-state index >= 15 is 0 Å². The van der Waals surface area contributed by atoms with Crippen molar-refractivity contribution in [2.45, 2.75) is 56.9 Å². The maximum absolute atomic E-state index is 13.6. The van der Waals surface area contributed by atoms with E-state index in [-0.39, 0.29) is 41.3 Å². The molecule has 4 rings (SSSR count). The number of ketones is 1. The normalized spacial score (nSPS) is 25.5. The number of Topliss-reactive ketones (excluding diaryl/α,β-unsaturated/α-hetero) is 1. The van der Waals surface area contributed by atoms with Crippen molar-refractivity contribution in [3.05, 3.63) is 75.0 Å². The molecule has 1 unspecified atom stereocenters. The molecule has 1 heterocycles. The summed E-state index contributed by atoms with van der Waals surface area (Å²) < 4.78 is 28.7. The van der Waals surface area contributed by atoms with Gasteiger partial charge in [0, 0.05) is 48.6 Å². The molecule has 8 heteroatoms. The molecule has 0 N–H and O–H groups in total. The molecular formula is C24H28N2O5S. The topological polar surface area (TPSA) is 97.6 Å². The first-order valence-corrected chi connectivity index (χ1v) is 12.6. The fourth-order valence-corrected chi connectivity index (χ4v) is 6.80. The Balaban J connectivity index is 1.76. The first-order valence-electron chi connectivity index (χ1n) is 11.1. The molecule has 1 aromatic rings. The second-order valence-electron chi connectivity index (χ2n) is 8.83. The van der Waals surface area contributed by atoms with Crippen molar-refractivity contribution in [1.29, 1.82) is 0 Å². The van der Waals surface area contributed by atoms with Crippen LogP contribution in [0.3, 0.4) is 0 Å². The molecule has 1 aliphatic heterocycles. The highest BCUT2D eigenvalue weighted by molar-refractivity contribution is 7.89. The Morgan fingerprint density at radius 1 is 1.19 bits per heavy atom. The Bertz CT molecular complexity index is 1130. The van der Waals surface area contributed by atoms with E-state index in [1.165, 1.54) is 12.2 Å². The molecule has 170 valence electrons. The van der Waals surface area contributed by atoms with Crippen LogP contribution in [0.5, 0.6) is 0 Å². The summed E-state index contributed by atoms with van der Waals surface area (Å²) in [5, 5.41) is 11.2. The number of aryl methyl sites for hydroxylation is 1. The molecule has 0 aromatic heterocycles. The zero-order chi connectivity index (χ0) is 23.0. The largest absolute Gasteiger partial charge is 0.294 e. The summed E-state index contributed by atoms with van der Waals surface area (Å²) in [7, 11) is -3.73. The third-order valence-electron chi connectivity index (χ3n) is 6.67. The van der Waals surface area contributed by atoms with Crippen LogP contribution < -0.4 is 0 Å². The lowest BCUT2D eigenvalue weighted by atomic mass is 9.90. The molecule has 0 bridgehead atoms. The van der Waals surface area contributed by atoms with Gasteiger partial charge in [0.05, 0.1) is 9.82 Å². The molecule has 0 radical (unpaired) electrons. The second kappa shape index (κ2) is 8.75. The smallest absolute Gasteiger partial charge is 0.266 e. The molecule has 7 nitrogen and oxygen atoms in total. The number of sulfonamides is 1. The number of hydrogen-bond donors (Lipinski definition) is 0. The lowest BCUT2D eigenvalue weighted by Crippen LogP contribution is -2.37. The Labute approximate surface area is 188 Å².